The molecule has 2 aromatic rings. The van der Waals surface area contributed by atoms with Crippen molar-refractivity contribution in [3.63, 3.8) is 0 Å². The van der Waals surface area contributed by atoms with Crippen molar-refractivity contribution in [2.45, 2.75) is 33.6 Å². The van der Waals surface area contributed by atoms with E-state index in [4.69, 9.17) is 9.47 Å². The van der Waals surface area contributed by atoms with E-state index in [0.717, 1.165) is 51.3 Å². The molecule has 8 heteroatoms. The minimum absolute atomic E-state index is 0.131. The number of anilines is 2. The molecule has 0 atom stereocenters. The molecule has 0 spiro atoms. The topological polar surface area (TPSA) is 83.1 Å². The fourth-order valence-corrected chi connectivity index (χ4v) is 4.47. The number of benzene rings is 2. The molecule has 196 valence electrons. The van der Waals surface area contributed by atoms with E-state index in [1.807, 2.05) is 12.1 Å². The lowest BCUT2D eigenvalue weighted by molar-refractivity contribution is 0.0948. The van der Waals surface area contributed by atoms with E-state index in [2.05, 4.69) is 41.2 Å². The zero-order valence-electron chi connectivity index (χ0n) is 22.2. The monoisotopic (exact) mass is 496 g/mol. The second-order valence-electron chi connectivity index (χ2n) is 9.20. The second kappa shape index (κ2) is 13.2. The number of ether oxygens (including phenoxy) is 2. The predicted octanol–water partition coefficient (Wildman–Crippen LogP) is 4.26. The van der Waals surface area contributed by atoms with E-state index in [9.17, 15) is 9.59 Å². The summed E-state index contributed by atoms with van der Waals surface area (Å²) in [7, 11) is 3.08. The summed E-state index contributed by atoms with van der Waals surface area (Å²) in [6.07, 6.45) is 2.19. The molecule has 0 aromatic heterocycles. The predicted molar refractivity (Wildman–Crippen MR) is 145 cm³/mol. The Morgan fingerprint density at radius 1 is 0.972 bits per heavy atom. The van der Waals surface area contributed by atoms with Gasteiger partial charge in [0.15, 0.2) is 0 Å². The highest BCUT2D eigenvalue weighted by Gasteiger charge is 2.22. The van der Waals surface area contributed by atoms with Gasteiger partial charge in [0.1, 0.15) is 11.5 Å². The van der Waals surface area contributed by atoms with Gasteiger partial charge in [0.2, 0.25) is 0 Å². The zero-order chi connectivity index (χ0) is 26.1. The Bertz CT molecular complexity index is 1030. The quantitative estimate of drug-likeness (QED) is 0.484. The number of nitrogens with one attached hydrogen (secondary N) is 2. The van der Waals surface area contributed by atoms with Gasteiger partial charge in [0, 0.05) is 43.6 Å². The van der Waals surface area contributed by atoms with Crippen LogP contribution < -0.4 is 25.0 Å². The van der Waals surface area contributed by atoms with Crippen LogP contribution in [0.5, 0.6) is 11.5 Å². The summed E-state index contributed by atoms with van der Waals surface area (Å²) in [5.41, 5.74) is 2.42. The Kier molecular flexibility index (Phi) is 9.99. The summed E-state index contributed by atoms with van der Waals surface area (Å²) in [4.78, 5) is 30.9. The fraction of sp³-hybridized carbons (Fsp3) is 0.500. The van der Waals surface area contributed by atoms with Crippen molar-refractivity contribution in [1.29, 1.82) is 0 Å². The number of carbonyl (C=O) groups excluding carboxylic acids is 2. The van der Waals surface area contributed by atoms with Crippen LogP contribution >= 0.6 is 0 Å². The third-order valence-electron chi connectivity index (χ3n) is 6.88. The molecule has 0 unspecified atom stereocenters. The normalized spacial score (nSPS) is 14.0. The number of hydrogen-bond donors (Lipinski definition) is 2. The van der Waals surface area contributed by atoms with Gasteiger partial charge < -0.3 is 29.9 Å². The number of nitrogens with zero attached hydrogens (tertiary/aromatic N) is 2. The van der Waals surface area contributed by atoms with Crippen LogP contribution in [0, 0.1) is 5.92 Å². The van der Waals surface area contributed by atoms with Gasteiger partial charge >= 0.3 is 0 Å². The maximum atomic E-state index is 13.3. The smallest absolute Gasteiger partial charge is 0.259 e. The maximum absolute atomic E-state index is 13.3. The van der Waals surface area contributed by atoms with Gasteiger partial charge in [-0.25, -0.2) is 0 Å². The first kappa shape index (κ1) is 27.3. The summed E-state index contributed by atoms with van der Waals surface area (Å²) in [5, 5.41) is 6.00. The summed E-state index contributed by atoms with van der Waals surface area (Å²) in [6.45, 7) is 11.6. The summed E-state index contributed by atoms with van der Waals surface area (Å²) >= 11 is 0. The standard InChI is InChI=1S/C28H40N4O4/c1-6-31(7-2)17-14-29-27(33)24-18-21(8-11-25(24)32-15-12-20(3)13-16-32)30-28(34)23-10-9-22(35-4)19-26(23)36-5/h8-11,18-20H,6-7,12-17H2,1-5H3,(H,29,33)(H,30,34). The summed E-state index contributed by atoms with van der Waals surface area (Å²) in [6, 6.07) is 10.6. The van der Waals surface area contributed by atoms with Crippen molar-refractivity contribution < 1.29 is 19.1 Å². The number of amides is 2. The minimum atomic E-state index is -0.318. The van der Waals surface area contributed by atoms with Crippen LogP contribution in [0.2, 0.25) is 0 Å². The molecular weight excluding hydrogens is 456 g/mol. The van der Waals surface area contributed by atoms with Crippen molar-refractivity contribution in [2.24, 2.45) is 5.92 Å². The van der Waals surface area contributed by atoms with Crippen LogP contribution in [0.3, 0.4) is 0 Å². The Labute approximate surface area is 214 Å². The number of methoxy groups -OCH3 is 2. The van der Waals surface area contributed by atoms with Crippen molar-refractivity contribution in [1.82, 2.24) is 10.2 Å². The number of hydrogen-bond acceptors (Lipinski definition) is 6. The fourth-order valence-electron chi connectivity index (χ4n) is 4.47. The largest absolute Gasteiger partial charge is 0.497 e. The van der Waals surface area contributed by atoms with Gasteiger partial charge in [0.25, 0.3) is 11.8 Å². The molecule has 1 aliphatic heterocycles. The Balaban J connectivity index is 1.83. The van der Waals surface area contributed by atoms with Crippen LogP contribution in [0.15, 0.2) is 36.4 Å². The second-order valence-corrected chi connectivity index (χ2v) is 9.20. The molecule has 2 N–H and O–H groups in total. The molecule has 2 aromatic carbocycles. The van der Waals surface area contributed by atoms with Crippen molar-refractivity contribution >= 4 is 23.2 Å². The van der Waals surface area contributed by atoms with Crippen LogP contribution in [0.25, 0.3) is 0 Å². The first-order valence-corrected chi connectivity index (χ1v) is 12.8. The van der Waals surface area contributed by atoms with Gasteiger partial charge in [-0.15, -0.1) is 0 Å². The molecule has 36 heavy (non-hydrogen) atoms. The molecule has 1 fully saturated rings. The lowest BCUT2D eigenvalue weighted by atomic mass is 9.97. The Morgan fingerprint density at radius 3 is 2.33 bits per heavy atom. The van der Waals surface area contributed by atoms with Gasteiger partial charge in [-0.1, -0.05) is 20.8 Å². The van der Waals surface area contributed by atoms with Gasteiger partial charge in [-0.3, -0.25) is 9.59 Å². The van der Waals surface area contributed by atoms with E-state index >= 15 is 0 Å². The highest BCUT2D eigenvalue weighted by Crippen LogP contribution is 2.30. The van der Waals surface area contributed by atoms with Crippen LogP contribution in [0.1, 0.15) is 54.3 Å². The molecule has 1 heterocycles. The van der Waals surface area contributed by atoms with Crippen LogP contribution in [0.4, 0.5) is 11.4 Å². The zero-order valence-corrected chi connectivity index (χ0v) is 22.2. The minimum Gasteiger partial charge on any atom is -0.497 e. The average Bonchev–Trinajstić information content (AvgIpc) is 2.91. The maximum Gasteiger partial charge on any atom is 0.259 e. The molecule has 2 amide bonds. The van der Waals surface area contributed by atoms with E-state index in [-0.39, 0.29) is 11.8 Å². The van der Waals surface area contributed by atoms with Crippen LogP contribution in [-0.4, -0.2) is 70.2 Å². The molecular formula is C28H40N4O4. The third-order valence-corrected chi connectivity index (χ3v) is 6.88. The van der Waals surface area contributed by atoms with E-state index in [1.165, 1.54) is 7.11 Å². The van der Waals surface area contributed by atoms with E-state index in [1.54, 1.807) is 31.4 Å². The van der Waals surface area contributed by atoms with E-state index < -0.39 is 0 Å². The summed E-state index contributed by atoms with van der Waals surface area (Å²) in [5.74, 6) is 1.26. The van der Waals surface area contributed by atoms with Crippen molar-refractivity contribution in [2.75, 3.05) is 63.7 Å². The molecule has 0 aliphatic carbocycles. The first-order chi connectivity index (χ1) is 17.4. The molecule has 0 radical (unpaired) electrons. The lowest BCUT2D eigenvalue weighted by Crippen LogP contribution is -2.37. The number of rotatable bonds is 11. The molecule has 3 rings (SSSR count). The third kappa shape index (κ3) is 6.91. The van der Waals surface area contributed by atoms with Crippen molar-refractivity contribution in [3.8, 4) is 11.5 Å². The van der Waals surface area contributed by atoms with Crippen molar-refractivity contribution in [3.05, 3.63) is 47.5 Å². The lowest BCUT2D eigenvalue weighted by Gasteiger charge is -2.33. The van der Waals surface area contributed by atoms with E-state index in [0.29, 0.717) is 40.8 Å². The Morgan fingerprint density at radius 2 is 1.69 bits per heavy atom. The highest BCUT2D eigenvalue weighted by molar-refractivity contribution is 6.08. The number of carbonyl (C=O) groups is 2. The molecule has 0 saturated carbocycles. The molecule has 8 nitrogen and oxygen atoms in total. The van der Waals surface area contributed by atoms with Gasteiger partial charge in [-0.05, 0) is 62.2 Å². The number of likely N-dealkylation sites (N-methyl/N-ethyl adjacent to an activating group) is 1. The highest BCUT2D eigenvalue weighted by atomic mass is 16.5. The summed E-state index contributed by atoms with van der Waals surface area (Å²) < 4.78 is 10.6. The van der Waals surface area contributed by atoms with Gasteiger partial charge in [-0.2, -0.15) is 0 Å². The molecule has 0 bridgehead atoms. The molecule has 1 saturated heterocycles. The first-order valence-electron chi connectivity index (χ1n) is 12.8. The SMILES string of the molecule is CCN(CC)CCNC(=O)c1cc(NC(=O)c2ccc(OC)cc2OC)ccc1N1CCC(C)CC1. The van der Waals surface area contributed by atoms with Crippen LogP contribution in [-0.2, 0) is 0 Å². The average molecular weight is 497 g/mol. The van der Waals surface area contributed by atoms with Gasteiger partial charge in [0.05, 0.1) is 25.3 Å². The Hall–Kier alpha value is -3.26. The molecule has 1 aliphatic rings. The number of piperidine rings is 1.